The van der Waals surface area contributed by atoms with Crippen molar-refractivity contribution in [1.29, 1.82) is 0 Å². The van der Waals surface area contributed by atoms with Gasteiger partial charge in [0.05, 0.1) is 6.54 Å². The molecule has 0 fully saturated rings. The van der Waals surface area contributed by atoms with Crippen molar-refractivity contribution >= 4 is 19.0 Å². The van der Waals surface area contributed by atoms with E-state index >= 15 is 0 Å². The Morgan fingerprint density at radius 3 is 2.88 bits per heavy atom. The van der Waals surface area contributed by atoms with Crippen LogP contribution in [0.25, 0.3) is 0 Å². The molecule has 0 unspecified atom stereocenters. The van der Waals surface area contributed by atoms with Crippen molar-refractivity contribution in [1.82, 2.24) is 9.88 Å². The molecule has 1 rings (SSSR count). The number of nitrogens with one attached hydrogen (secondary N) is 1. The molecule has 7 nitrogen and oxygen atoms in total. The van der Waals surface area contributed by atoms with Crippen molar-refractivity contribution < 1.29 is 19.5 Å². The first-order valence-corrected chi connectivity index (χ1v) is 4.91. The van der Waals surface area contributed by atoms with Crippen molar-refractivity contribution in [3.05, 3.63) is 18.3 Å². The summed E-state index contributed by atoms with van der Waals surface area (Å²) in [6.45, 7) is 0.232. The van der Waals surface area contributed by atoms with Crippen molar-refractivity contribution in [2.45, 2.75) is 0 Å². The highest BCUT2D eigenvalue weighted by atomic mass is 16.6. The molecule has 0 aromatic carbocycles. The molecule has 3 N–H and O–H groups in total. The van der Waals surface area contributed by atoms with Crippen LogP contribution in [0.15, 0.2) is 18.3 Å². The van der Waals surface area contributed by atoms with E-state index in [9.17, 15) is 4.79 Å². The molecule has 92 valence electrons. The maximum atomic E-state index is 11.4. The van der Waals surface area contributed by atoms with Gasteiger partial charge in [0, 0.05) is 12.3 Å². The summed E-state index contributed by atoms with van der Waals surface area (Å²) in [4.78, 5) is 17.0. The second-order valence-electron chi connectivity index (χ2n) is 3.61. The highest BCUT2D eigenvalue weighted by Crippen LogP contribution is 2.14. The molecule has 1 aromatic heterocycles. The van der Waals surface area contributed by atoms with Gasteiger partial charge in [-0.05, 0) is 20.2 Å². The Labute approximate surface area is 99.2 Å². The van der Waals surface area contributed by atoms with Crippen molar-refractivity contribution in [3.8, 4) is 5.75 Å². The van der Waals surface area contributed by atoms with E-state index in [0.717, 1.165) is 0 Å². The molecule has 0 aliphatic rings. The number of hydrogen-bond donors (Lipinski definition) is 3. The zero-order chi connectivity index (χ0) is 12.8. The van der Waals surface area contributed by atoms with Crippen molar-refractivity contribution in [3.63, 3.8) is 0 Å². The van der Waals surface area contributed by atoms with Gasteiger partial charge < -0.3 is 24.9 Å². The van der Waals surface area contributed by atoms with E-state index < -0.39 is 7.32 Å². The minimum absolute atomic E-state index is 0.204. The van der Waals surface area contributed by atoms with Crippen LogP contribution in [0.4, 0.5) is 5.82 Å². The largest absolute Gasteiger partial charge is 0.707 e. The summed E-state index contributed by atoms with van der Waals surface area (Å²) in [6, 6.07) is 2.84. The van der Waals surface area contributed by atoms with Crippen LogP contribution in [0.3, 0.4) is 0 Å². The number of carbonyl (C=O) groups is 1. The summed E-state index contributed by atoms with van der Waals surface area (Å²) in [7, 11) is 1.64. The van der Waals surface area contributed by atoms with Gasteiger partial charge in [-0.15, -0.1) is 0 Å². The lowest BCUT2D eigenvalue weighted by molar-refractivity contribution is -0.116. The number of rotatable bonds is 5. The quantitative estimate of drug-likeness (QED) is 0.566. The second-order valence-corrected chi connectivity index (χ2v) is 3.61. The molecular weight excluding hydrogens is 225 g/mol. The Morgan fingerprint density at radius 2 is 2.29 bits per heavy atom. The molecule has 1 heterocycles. The van der Waals surface area contributed by atoms with E-state index in [-0.39, 0.29) is 24.0 Å². The minimum Gasteiger partial charge on any atom is -0.512 e. The first-order chi connectivity index (χ1) is 7.97. The second kappa shape index (κ2) is 6.19. The lowest BCUT2D eigenvalue weighted by Crippen LogP contribution is -2.27. The predicted molar refractivity (Wildman–Crippen MR) is 62.2 cm³/mol. The number of anilines is 1. The lowest BCUT2D eigenvalue weighted by atomic mass is 10.2. The third-order valence-electron chi connectivity index (χ3n) is 1.70. The van der Waals surface area contributed by atoms with Crippen LogP contribution in [-0.2, 0) is 4.79 Å². The number of likely N-dealkylation sites (N-methyl/N-ethyl adjacent to an activating group) is 1. The standard InChI is InChI=1S/C9H14BN3O4/c1-13(2)6-9(14)12-8-5-7(3-4-11-8)17-10(15)16/h3-5,15-16H,6H2,1-2H3,(H,11,12,14). The Balaban J connectivity index is 2.62. The summed E-state index contributed by atoms with van der Waals surface area (Å²) >= 11 is 0. The van der Waals surface area contributed by atoms with Crippen LogP contribution in [0.1, 0.15) is 0 Å². The Morgan fingerprint density at radius 1 is 1.59 bits per heavy atom. The van der Waals surface area contributed by atoms with Gasteiger partial charge in [-0.1, -0.05) is 0 Å². The highest BCUT2D eigenvalue weighted by Gasteiger charge is 2.12. The molecule has 0 spiro atoms. The maximum Gasteiger partial charge on any atom is 0.707 e. The van der Waals surface area contributed by atoms with Crippen LogP contribution >= 0.6 is 0 Å². The molecule has 0 bridgehead atoms. The lowest BCUT2D eigenvalue weighted by Gasteiger charge is -2.10. The third-order valence-corrected chi connectivity index (χ3v) is 1.70. The summed E-state index contributed by atoms with van der Waals surface area (Å²) in [5.74, 6) is 0.273. The fraction of sp³-hybridized carbons (Fsp3) is 0.333. The molecule has 0 saturated carbocycles. The van der Waals surface area contributed by atoms with Crippen molar-refractivity contribution in [2.75, 3.05) is 26.0 Å². The van der Waals surface area contributed by atoms with Crippen LogP contribution in [0, 0.1) is 0 Å². The van der Waals surface area contributed by atoms with Gasteiger partial charge >= 0.3 is 7.32 Å². The molecule has 0 radical (unpaired) electrons. The summed E-state index contributed by atoms with van der Waals surface area (Å²) in [5.41, 5.74) is 0. The number of pyridine rings is 1. The monoisotopic (exact) mass is 239 g/mol. The molecule has 0 aliphatic heterocycles. The van der Waals surface area contributed by atoms with E-state index in [2.05, 4.69) is 15.0 Å². The van der Waals surface area contributed by atoms with Crippen LogP contribution in [0.2, 0.25) is 0 Å². The molecule has 17 heavy (non-hydrogen) atoms. The number of carbonyl (C=O) groups excluding carboxylic acids is 1. The van der Waals surface area contributed by atoms with Gasteiger partial charge in [0.15, 0.2) is 0 Å². The van der Waals surface area contributed by atoms with Gasteiger partial charge in [0.1, 0.15) is 11.6 Å². The fourth-order valence-corrected chi connectivity index (χ4v) is 1.14. The van der Waals surface area contributed by atoms with Crippen LogP contribution in [-0.4, -0.2) is 53.8 Å². The van der Waals surface area contributed by atoms with E-state index in [1.54, 1.807) is 19.0 Å². The number of nitrogens with zero attached hydrogens (tertiary/aromatic N) is 2. The van der Waals surface area contributed by atoms with Crippen LogP contribution in [0.5, 0.6) is 5.75 Å². The first-order valence-electron chi connectivity index (χ1n) is 4.91. The topological polar surface area (TPSA) is 94.9 Å². The van der Waals surface area contributed by atoms with Crippen molar-refractivity contribution in [2.24, 2.45) is 0 Å². The van der Waals surface area contributed by atoms with Gasteiger partial charge in [0.2, 0.25) is 5.91 Å². The molecular formula is C9H14BN3O4. The smallest absolute Gasteiger partial charge is 0.512 e. The summed E-state index contributed by atoms with van der Waals surface area (Å²) in [5, 5.41) is 19.8. The first kappa shape index (κ1) is 13.4. The zero-order valence-corrected chi connectivity index (χ0v) is 9.62. The Hall–Kier alpha value is -1.64. The highest BCUT2D eigenvalue weighted by molar-refractivity contribution is 6.33. The maximum absolute atomic E-state index is 11.4. The predicted octanol–water partition coefficient (Wildman–Crippen LogP) is -1.07. The van der Waals surface area contributed by atoms with Gasteiger partial charge in [-0.25, -0.2) is 4.98 Å². The molecule has 1 amide bonds. The fourth-order valence-electron chi connectivity index (χ4n) is 1.14. The average molecular weight is 239 g/mol. The van der Waals surface area contributed by atoms with Crippen LogP contribution < -0.4 is 9.97 Å². The summed E-state index contributed by atoms with van der Waals surface area (Å²) in [6.07, 6.45) is 1.39. The Bertz CT molecular complexity index is 386. The third kappa shape index (κ3) is 5.30. The van der Waals surface area contributed by atoms with Gasteiger partial charge in [-0.2, -0.15) is 0 Å². The minimum atomic E-state index is -1.90. The van der Waals surface area contributed by atoms with E-state index in [1.165, 1.54) is 18.3 Å². The van der Waals surface area contributed by atoms with E-state index in [4.69, 9.17) is 10.0 Å². The van der Waals surface area contributed by atoms with E-state index in [0.29, 0.717) is 0 Å². The number of aromatic nitrogens is 1. The summed E-state index contributed by atoms with van der Waals surface area (Å²) < 4.78 is 4.63. The normalized spacial score (nSPS) is 10.2. The molecule has 0 saturated heterocycles. The zero-order valence-electron chi connectivity index (χ0n) is 9.62. The molecule has 8 heteroatoms. The van der Waals surface area contributed by atoms with Gasteiger partial charge in [0.25, 0.3) is 0 Å². The SMILES string of the molecule is CN(C)CC(=O)Nc1cc(OB(O)O)ccn1. The molecule has 1 aromatic rings. The average Bonchev–Trinajstić information content (AvgIpc) is 2.14. The number of hydrogen-bond acceptors (Lipinski definition) is 6. The van der Waals surface area contributed by atoms with E-state index in [1.807, 2.05) is 0 Å². The Kier molecular flexibility index (Phi) is 4.89. The molecule has 0 atom stereocenters. The number of amides is 1. The van der Waals surface area contributed by atoms with Gasteiger partial charge in [-0.3, -0.25) is 4.79 Å². The molecule has 0 aliphatic carbocycles.